The van der Waals surface area contributed by atoms with Crippen LogP contribution in [0.5, 0.6) is 0 Å². The number of benzene rings is 2. The summed E-state index contributed by atoms with van der Waals surface area (Å²) >= 11 is 0. The smallest absolute Gasteiger partial charge is 0.292 e. The van der Waals surface area contributed by atoms with Gasteiger partial charge in [0.05, 0.1) is 18.9 Å². The van der Waals surface area contributed by atoms with Crippen LogP contribution in [0, 0.1) is 6.92 Å². The second-order valence-corrected chi connectivity index (χ2v) is 6.03. The molecule has 118 valence electrons. The molecule has 1 amide bonds. The molecule has 2 heterocycles. The van der Waals surface area contributed by atoms with Crippen LogP contribution in [-0.4, -0.2) is 25.7 Å². The lowest BCUT2D eigenvalue weighted by molar-refractivity contribution is -0.180. The Morgan fingerprint density at radius 3 is 2.57 bits per heavy atom. The molecule has 2 aliphatic rings. The molecule has 0 saturated carbocycles. The lowest BCUT2D eigenvalue weighted by Gasteiger charge is -2.22. The highest BCUT2D eigenvalue weighted by atomic mass is 16.7. The summed E-state index contributed by atoms with van der Waals surface area (Å²) in [7, 11) is 0. The first kappa shape index (κ1) is 14.4. The minimum atomic E-state index is -1.22. The molecule has 4 heteroatoms. The average Bonchev–Trinajstić information content (AvgIpc) is 3.14. The molecular formula is C19H19NO3. The van der Waals surface area contributed by atoms with Crippen molar-refractivity contribution in [3.8, 4) is 0 Å². The number of hydrogen-bond acceptors (Lipinski definition) is 3. The molecule has 1 spiro atoms. The van der Waals surface area contributed by atoms with Gasteiger partial charge in [-0.15, -0.1) is 0 Å². The van der Waals surface area contributed by atoms with Crippen molar-refractivity contribution in [2.45, 2.75) is 19.1 Å². The number of ether oxygens (including phenoxy) is 2. The second-order valence-electron chi connectivity index (χ2n) is 6.03. The van der Waals surface area contributed by atoms with Crippen LogP contribution in [0.15, 0.2) is 48.5 Å². The van der Waals surface area contributed by atoms with Crippen LogP contribution in [0.3, 0.4) is 0 Å². The van der Waals surface area contributed by atoms with E-state index in [0.717, 1.165) is 23.2 Å². The van der Waals surface area contributed by atoms with E-state index in [4.69, 9.17) is 9.47 Å². The minimum absolute atomic E-state index is 0.105. The summed E-state index contributed by atoms with van der Waals surface area (Å²) in [4.78, 5) is 14.8. The van der Waals surface area contributed by atoms with E-state index in [0.29, 0.717) is 19.8 Å². The number of carbonyl (C=O) groups is 1. The van der Waals surface area contributed by atoms with Gasteiger partial charge in [-0.25, -0.2) is 0 Å². The van der Waals surface area contributed by atoms with E-state index in [-0.39, 0.29) is 5.91 Å². The predicted octanol–water partition coefficient (Wildman–Crippen LogP) is 2.78. The van der Waals surface area contributed by atoms with Crippen LogP contribution in [-0.2, 0) is 26.5 Å². The highest BCUT2D eigenvalue weighted by Gasteiger charge is 2.55. The molecule has 0 bridgehead atoms. The molecule has 0 unspecified atom stereocenters. The van der Waals surface area contributed by atoms with Gasteiger partial charge in [0.25, 0.3) is 11.7 Å². The maximum absolute atomic E-state index is 13.0. The number of carbonyl (C=O) groups excluding carboxylic acids is 1. The van der Waals surface area contributed by atoms with E-state index >= 15 is 0 Å². The molecule has 1 fully saturated rings. The summed E-state index contributed by atoms with van der Waals surface area (Å²) in [5.74, 6) is -1.33. The summed E-state index contributed by atoms with van der Waals surface area (Å²) in [6, 6.07) is 16.2. The van der Waals surface area contributed by atoms with Gasteiger partial charge in [-0.05, 0) is 31.0 Å². The Hall–Kier alpha value is -2.17. The Morgan fingerprint density at radius 1 is 1.09 bits per heavy atom. The lowest BCUT2D eigenvalue weighted by Crippen LogP contribution is -2.42. The van der Waals surface area contributed by atoms with E-state index < -0.39 is 5.79 Å². The Bertz CT molecular complexity index is 736. The molecule has 23 heavy (non-hydrogen) atoms. The van der Waals surface area contributed by atoms with Crippen LogP contribution >= 0.6 is 0 Å². The van der Waals surface area contributed by atoms with Crippen molar-refractivity contribution in [2.24, 2.45) is 0 Å². The Balaban J connectivity index is 1.67. The number of aryl methyl sites for hydroxylation is 1. The van der Waals surface area contributed by atoms with Gasteiger partial charge in [-0.2, -0.15) is 0 Å². The summed E-state index contributed by atoms with van der Waals surface area (Å²) in [6.07, 6.45) is 0.802. The van der Waals surface area contributed by atoms with Crippen LogP contribution in [0.2, 0.25) is 0 Å². The lowest BCUT2D eigenvalue weighted by atomic mass is 10.0. The van der Waals surface area contributed by atoms with Gasteiger partial charge in [-0.3, -0.25) is 4.79 Å². The highest BCUT2D eigenvalue weighted by molar-refractivity contribution is 6.06. The van der Waals surface area contributed by atoms with Gasteiger partial charge in [0.15, 0.2) is 0 Å². The van der Waals surface area contributed by atoms with Crippen molar-refractivity contribution in [1.82, 2.24) is 0 Å². The standard InChI is InChI=1S/C19H19NO3/c1-14-7-8-17-16(13-14)19(22-11-12-23-19)18(21)20(17)10-9-15-5-3-2-4-6-15/h2-8,13H,9-12H2,1H3. The molecule has 4 rings (SSSR count). The number of hydrogen-bond donors (Lipinski definition) is 0. The van der Waals surface area contributed by atoms with Crippen molar-refractivity contribution in [2.75, 3.05) is 24.7 Å². The third-order valence-corrected chi connectivity index (χ3v) is 4.49. The molecule has 2 aromatic carbocycles. The number of rotatable bonds is 3. The molecule has 1 saturated heterocycles. The molecule has 0 N–H and O–H groups in total. The summed E-state index contributed by atoms with van der Waals surface area (Å²) in [5, 5.41) is 0. The van der Waals surface area contributed by atoms with Gasteiger partial charge in [0.2, 0.25) is 0 Å². The van der Waals surface area contributed by atoms with E-state index in [1.54, 1.807) is 4.90 Å². The van der Waals surface area contributed by atoms with Gasteiger partial charge in [-0.1, -0.05) is 42.0 Å². The maximum Gasteiger partial charge on any atom is 0.292 e. The molecule has 2 aliphatic heterocycles. The van der Waals surface area contributed by atoms with Gasteiger partial charge >= 0.3 is 0 Å². The fourth-order valence-corrected chi connectivity index (χ4v) is 3.35. The molecule has 0 atom stereocenters. The first-order chi connectivity index (χ1) is 11.2. The predicted molar refractivity (Wildman–Crippen MR) is 87.3 cm³/mol. The van der Waals surface area contributed by atoms with E-state index in [1.807, 2.05) is 43.3 Å². The topological polar surface area (TPSA) is 38.8 Å². The van der Waals surface area contributed by atoms with Crippen molar-refractivity contribution in [3.05, 3.63) is 65.2 Å². The minimum Gasteiger partial charge on any atom is -0.336 e. The zero-order valence-electron chi connectivity index (χ0n) is 13.1. The quantitative estimate of drug-likeness (QED) is 0.875. The molecular weight excluding hydrogens is 290 g/mol. The number of fused-ring (bicyclic) bond motifs is 2. The van der Waals surface area contributed by atoms with Crippen LogP contribution in [0.25, 0.3) is 0 Å². The van der Waals surface area contributed by atoms with Gasteiger partial charge < -0.3 is 14.4 Å². The Morgan fingerprint density at radius 2 is 1.83 bits per heavy atom. The first-order valence-corrected chi connectivity index (χ1v) is 7.96. The normalized spacial score (nSPS) is 18.7. The zero-order chi connectivity index (χ0) is 15.9. The number of nitrogens with zero attached hydrogens (tertiary/aromatic N) is 1. The molecule has 0 aliphatic carbocycles. The number of anilines is 1. The molecule has 0 aromatic heterocycles. The van der Waals surface area contributed by atoms with Gasteiger partial charge in [0, 0.05) is 12.1 Å². The SMILES string of the molecule is Cc1ccc2c(c1)C1(OCCO1)C(=O)N2CCc1ccccc1. The second kappa shape index (κ2) is 5.48. The summed E-state index contributed by atoms with van der Waals surface area (Å²) < 4.78 is 11.5. The monoisotopic (exact) mass is 309 g/mol. The fourth-order valence-electron chi connectivity index (χ4n) is 3.35. The molecule has 0 radical (unpaired) electrons. The third-order valence-electron chi connectivity index (χ3n) is 4.49. The van der Waals surface area contributed by atoms with E-state index in [1.165, 1.54) is 5.56 Å². The summed E-state index contributed by atoms with van der Waals surface area (Å²) in [6.45, 7) is 3.53. The van der Waals surface area contributed by atoms with Crippen LogP contribution < -0.4 is 4.90 Å². The zero-order valence-corrected chi connectivity index (χ0v) is 13.1. The van der Waals surface area contributed by atoms with Crippen molar-refractivity contribution >= 4 is 11.6 Å². The first-order valence-electron chi connectivity index (χ1n) is 7.96. The van der Waals surface area contributed by atoms with Crippen molar-refractivity contribution < 1.29 is 14.3 Å². The van der Waals surface area contributed by atoms with Crippen LogP contribution in [0.1, 0.15) is 16.7 Å². The van der Waals surface area contributed by atoms with Gasteiger partial charge in [0.1, 0.15) is 0 Å². The Labute approximate surface area is 135 Å². The fraction of sp³-hybridized carbons (Fsp3) is 0.316. The maximum atomic E-state index is 13.0. The van der Waals surface area contributed by atoms with Crippen LogP contribution in [0.4, 0.5) is 5.69 Å². The largest absolute Gasteiger partial charge is 0.336 e. The Kier molecular flexibility index (Phi) is 3.43. The summed E-state index contributed by atoms with van der Waals surface area (Å²) in [5.41, 5.74) is 4.05. The van der Waals surface area contributed by atoms with Crippen molar-refractivity contribution in [3.63, 3.8) is 0 Å². The molecule has 2 aromatic rings. The average molecular weight is 309 g/mol. The number of amides is 1. The molecule has 4 nitrogen and oxygen atoms in total. The third kappa shape index (κ3) is 2.26. The highest BCUT2D eigenvalue weighted by Crippen LogP contribution is 2.46. The van der Waals surface area contributed by atoms with Crippen molar-refractivity contribution in [1.29, 1.82) is 0 Å². The van der Waals surface area contributed by atoms with E-state index in [9.17, 15) is 4.79 Å². The van der Waals surface area contributed by atoms with E-state index in [2.05, 4.69) is 12.1 Å².